The number of rotatable bonds is 17. The van der Waals surface area contributed by atoms with Crippen molar-refractivity contribution in [3.8, 4) is 91.1 Å². The van der Waals surface area contributed by atoms with E-state index in [1.165, 1.54) is 105 Å². The number of aliphatic hydroxyl groups is 1. The van der Waals surface area contributed by atoms with Gasteiger partial charge >= 0.3 is 0 Å². The van der Waals surface area contributed by atoms with Crippen LogP contribution in [0.4, 0.5) is 35.9 Å². The Morgan fingerprint density at radius 1 is 0.458 bits per heavy atom. The molecule has 142 heavy (non-hydrogen) atoms. The molecular weight excluding hydrogens is 1820 g/mol. The number of hydrogen-bond donors (Lipinski definition) is 3. The number of halogens is 3. The number of methoxy groups -OCH3 is 4. The minimum Gasteiger partial charge on any atom is -0.494 e. The van der Waals surface area contributed by atoms with E-state index in [0.717, 1.165) is 156 Å². The Kier molecular flexibility index (Phi) is 29.2. The van der Waals surface area contributed by atoms with Gasteiger partial charge in [0, 0.05) is 188 Å². The van der Waals surface area contributed by atoms with Gasteiger partial charge in [0.2, 0.25) is 0 Å². The predicted octanol–water partition coefficient (Wildman–Crippen LogP) is 12.0. The topological polar surface area (TPSA) is 335 Å². The number of likely N-dealkylation sites (N-methyl/N-ethyl adjacent to an activating group) is 2. The van der Waals surface area contributed by atoms with Gasteiger partial charge in [-0.3, -0.25) is 50.9 Å². The minimum atomic E-state index is -0.532. The Labute approximate surface area is 815 Å². The molecule has 4 atom stereocenters. The molecule has 0 spiro atoms. The van der Waals surface area contributed by atoms with Crippen molar-refractivity contribution in [3.05, 3.63) is 294 Å². The van der Waals surface area contributed by atoms with Crippen LogP contribution in [0.5, 0.6) is 28.7 Å². The van der Waals surface area contributed by atoms with Crippen molar-refractivity contribution in [1.82, 2.24) is 77.2 Å². The smallest absolute Gasteiger partial charge is 0.258 e. The molecule has 33 nitrogen and oxygen atoms in total. The Bertz CT molecular complexity index is 7740. The fraction of sp³-hybridized carbons (Fsp3) is 0.321. The quantitative estimate of drug-likeness (QED) is 0.0762. The first-order valence-corrected chi connectivity index (χ1v) is 47.3. The summed E-state index contributed by atoms with van der Waals surface area (Å²) in [5.74, 6) is 1.31. The van der Waals surface area contributed by atoms with Gasteiger partial charge in [0.25, 0.3) is 27.8 Å². The van der Waals surface area contributed by atoms with Crippen molar-refractivity contribution in [2.75, 3.05) is 167 Å². The summed E-state index contributed by atoms with van der Waals surface area (Å²) in [7, 11) is 12.3. The monoisotopic (exact) mass is 1930 g/mol. The van der Waals surface area contributed by atoms with Crippen LogP contribution in [0, 0.1) is 35.7 Å². The van der Waals surface area contributed by atoms with Crippen LogP contribution in [-0.2, 0) is 0 Å². The van der Waals surface area contributed by atoms with Gasteiger partial charge in [0.05, 0.1) is 110 Å². The summed E-state index contributed by atoms with van der Waals surface area (Å²) in [6.45, 7) is 17.8. The summed E-state index contributed by atoms with van der Waals surface area (Å²) in [5, 5.41) is 26.2. The number of piperidine rings is 1. The first-order valence-electron chi connectivity index (χ1n) is 47.3. The largest absolute Gasteiger partial charge is 0.494 e. The number of aryl methyl sites for hydroxylation is 1. The van der Waals surface area contributed by atoms with Gasteiger partial charge in [-0.15, -0.1) is 0 Å². The molecule has 1 unspecified atom stereocenters. The molecule has 6 aliphatic rings. The Morgan fingerprint density at radius 3 is 1.46 bits per heavy atom. The maximum absolute atomic E-state index is 14.1. The number of piperazine rings is 2. The third-order valence-electron chi connectivity index (χ3n) is 26.9. The van der Waals surface area contributed by atoms with Crippen LogP contribution in [0.2, 0.25) is 0 Å². The molecule has 16 aromatic rings. The van der Waals surface area contributed by atoms with Crippen LogP contribution in [0.3, 0.4) is 0 Å². The number of oxazole rings is 1. The predicted molar refractivity (Wildman–Crippen MR) is 541 cm³/mol. The van der Waals surface area contributed by atoms with Gasteiger partial charge < -0.3 is 73.2 Å². The summed E-state index contributed by atoms with van der Waals surface area (Å²) in [6.07, 6.45) is 14.2. The highest BCUT2D eigenvalue weighted by Gasteiger charge is 2.37. The lowest BCUT2D eigenvalue weighted by Crippen LogP contribution is -2.50. The fourth-order valence-electron chi connectivity index (χ4n) is 18.8. The molecule has 0 saturated carbocycles. The highest BCUT2D eigenvalue weighted by Crippen LogP contribution is 2.35. The average Bonchev–Trinajstić information content (AvgIpc) is 1.17. The van der Waals surface area contributed by atoms with E-state index in [2.05, 4.69) is 90.9 Å². The molecule has 3 N–H and O–H groups in total. The number of anilines is 4. The lowest BCUT2D eigenvalue weighted by molar-refractivity contribution is 0.0986. The van der Waals surface area contributed by atoms with Crippen LogP contribution in [0.25, 0.3) is 95.6 Å². The third-order valence-corrected chi connectivity index (χ3v) is 26.9. The molecule has 0 radical (unpaired) electrons. The average molecular weight is 1930 g/mol. The molecule has 0 aliphatic carbocycles. The second-order valence-corrected chi connectivity index (χ2v) is 36.2. The van der Waals surface area contributed by atoms with Crippen molar-refractivity contribution in [3.63, 3.8) is 0 Å². The Morgan fingerprint density at radius 2 is 0.944 bits per heavy atom. The van der Waals surface area contributed by atoms with E-state index in [4.69, 9.17) is 38.3 Å². The maximum atomic E-state index is 14.1. The van der Waals surface area contributed by atoms with E-state index in [9.17, 15) is 42.3 Å². The van der Waals surface area contributed by atoms with Crippen LogP contribution >= 0.6 is 0 Å². The molecule has 22 rings (SSSR count). The van der Waals surface area contributed by atoms with Gasteiger partial charge in [-0.1, -0.05) is 6.07 Å². The summed E-state index contributed by atoms with van der Waals surface area (Å²) in [4.78, 5) is 107. The molecule has 6 saturated heterocycles. The number of hydrogen-bond acceptors (Lipinski definition) is 28. The third kappa shape index (κ3) is 21.6. The van der Waals surface area contributed by atoms with E-state index in [-0.39, 0.29) is 57.0 Å². The standard InChI is InChI=1S/C23H25FN4O3.C22H23N5O2.C22H25N3O4.C20H21FN4O2.C19H16FN5O/c1-31-21-6-4-15(10-17(21)24)18-11-23(30)28-12-16(5-7-22(28)25-18)27-13-19(20(29)14-27)26-8-2-3-9-26;1-14-12-26(9-8-25(14)3)17-5-7-21-24-19(11-22(28)27(21)13-17)16-4-6-18-20(10-16)29-15(2)23-18;1-24-10-8-16(9-11-24)29-17-5-7-21-23-18(13-22(26)25(21)14-17)15-4-6-19(27-2)20(12-15)28-3;1-24(14-7-8-22-11-14)15-4-6-19-23-17(10-20(26)25(19)12-15)13-3-5-18(27-2)16(21)9-13;20-15-8-13(11-21)7-14(9-15)17-10-19(26)25-12-16(1-2-18(25)23-17)24-5-3-22-4-6-24/h4-7,10-12,19-20,29H,2-3,8-9,13-14H2,1H3;4-7,10-11,13-14H,8-9,12H2,1-3H3;4-7,12-14,16H,8-11H2,1-3H3;3-6,9-10,12,14,22H,7-8,11H2,1-2H3;1-2,7-10,12,22H,3-6H2/t19-,20-;14-;;;/m00.../s1. The second-order valence-electron chi connectivity index (χ2n) is 36.2. The number of aliphatic hydroxyl groups excluding tert-OH is 1. The molecule has 36 heteroatoms. The van der Waals surface area contributed by atoms with E-state index in [1.54, 1.807) is 79.8 Å². The number of β-amino-alcohol motifs (C(OH)–C–C–N with tert-alkyl or cyclic N) is 1. The fourth-order valence-corrected chi connectivity index (χ4v) is 18.8. The SMILES string of the molecule is COc1ccc(-c2cc(=O)n3cc(N(C)C4CCNC4)ccc3n2)cc1F.COc1ccc(-c2cc(=O)n3cc(N4C[C@H](O)[C@@H](N5CCCC5)C4)ccc3n2)cc1F.COc1ccc(-c2cc(=O)n3cc(OC4CCN(C)CC4)ccc3n2)cc1OC.Cc1nc2ccc(-c3cc(=O)n4cc(N5CCN(C)[C@@H](C)C5)ccc4n3)cc2o1.N#Cc1cc(F)cc(-c2cc(=O)n3cc(N4CCNCC4)ccc3n2)c1. The van der Waals surface area contributed by atoms with Crippen LogP contribution in [-0.4, -0.2) is 250 Å². The zero-order valence-corrected chi connectivity index (χ0v) is 80.3. The highest BCUT2D eigenvalue weighted by molar-refractivity contribution is 5.80. The van der Waals surface area contributed by atoms with Crippen molar-refractivity contribution in [2.24, 2.45) is 0 Å². The summed E-state index contributed by atoms with van der Waals surface area (Å²) in [5.41, 5.74) is 12.8. The van der Waals surface area contributed by atoms with Gasteiger partial charge in [0.1, 0.15) is 51.4 Å². The molecule has 732 valence electrons. The molecule has 6 aliphatic heterocycles. The Balaban J connectivity index is 0.000000117. The number of fused-ring (bicyclic) bond motifs is 6. The van der Waals surface area contributed by atoms with E-state index in [0.29, 0.717) is 121 Å². The molecule has 0 bridgehead atoms. The zero-order chi connectivity index (χ0) is 99.1. The number of nitrogens with one attached hydrogen (secondary N) is 2. The molecule has 6 fully saturated rings. The summed E-state index contributed by atoms with van der Waals surface area (Å²) < 4.78 is 81.7. The van der Waals surface area contributed by atoms with Crippen molar-refractivity contribution >= 4 is 62.1 Å². The van der Waals surface area contributed by atoms with Gasteiger partial charge in [0.15, 0.2) is 46.1 Å². The first-order chi connectivity index (χ1) is 68.8. The highest BCUT2D eigenvalue weighted by atomic mass is 19.1. The number of likely N-dealkylation sites (tertiary alicyclic amines) is 2. The number of aromatic nitrogens is 11. The minimum absolute atomic E-state index is 0.0946. The number of ether oxygens (including phenoxy) is 5. The van der Waals surface area contributed by atoms with Crippen molar-refractivity contribution in [2.45, 2.75) is 76.3 Å². The van der Waals surface area contributed by atoms with Gasteiger partial charge in [-0.25, -0.2) is 43.1 Å². The number of benzene rings is 5. The van der Waals surface area contributed by atoms with E-state index < -0.39 is 23.6 Å². The normalized spacial score (nSPS) is 17.4. The summed E-state index contributed by atoms with van der Waals surface area (Å²) >= 11 is 0. The number of nitrogens with zero attached hydrogens (tertiary/aromatic N) is 19. The zero-order valence-electron chi connectivity index (χ0n) is 80.3. The maximum Gasteiger partial charge on any atom is 0.258 e. The molecule has 11 aromatic heterocycles. The van der Waals surface area contributed by atoms with Crippen LogP contribution < -0.4 is 81.7 Å². The van der Waals surface area contributed by atoms with Gasteiger partial charge in [-0.05, 0) is 218 Å². The molecule has 17 heterocycles. The van der Waals surface area contributed by atoms with Gasteiger partial charge in [-0.2, -0.15) is 5.26 Å². The van der Waals surface area contributed by atoms with Crippen molar-refractivity contribution < 1.29 is 46.4 Å². The number of pyridine rings is 5. The van der Waals surface area contributed by atoms with Crippen LogP contribution in [0.15, 0.2) is 241 Å². The lowest BCUT2D eigenvalue weighted by Gasteiger charge is -2.39. The molecule has 0 amide bonds. The van der Waals surface area contributed by atoms with E-state index >= 15 is 0 Å². The first kappa shape index (κ1) is 96.9. The second kappa shape index (κ2) is 42.7. The van der Waals surface area contributed by atoms with Crippen LogP contribution in [0.1, 0.15) is 50.5 Å². The number of nitriles is 1. The Hall–Kier alpha value is -15.4. The van der Waals surface area contributed by atoms with Crippen molar-refractivity contribution in [1.29, 1.82) is 5.26 Å². The molecular formula is C106H110F3N21O12. The summed E-state index contributed by atoms with van der Waals surface area (Å²) in [6, 6.07) is 53.2. The lowest BCUT2D eigenvalue weighted by atomic mass is 10.1. The molecule has 5 aromatic carbocycles. The van der Waals surface area contributed by atoms with E-state index in [1.807, 2.05) is 105 Å².